The second-order valence-electron chi connectivity index (χ2n) is 5.04. The molecule has 110 valence electrons. The molecule has 0 spiro atoms. The lowest BCUT2D eigenvalue weighted by Crippen LogP contribution is -2.32. The van der Waals surface area contributed by atoms with Gasteiger partial charge in [0.05, 0.1) is 12.0 Å². The maximum absolute atomic E-state index is 11.2. The number of methoxy groups -OCH3 is 1. The fraction of sp³-hybridized carbons (Fsp3) is 0.692. The van der Waals surface area contributed by atoms with Crippen molar-refractivity contribution >= 4 is 11.5 Å². The number of hydrogen-bond donors (Lipinski definition) is 1. The highest BCUT2D eigenvalue weighted by atomic mass is 16.6. The topological polar surface area (TPSA) is 90.2 Å². The van der Waals surface area contributed by atoms with Crippen LogP contribution in [0, 0.1) is 16.0 Å². The van der Waals surface area contributed by atoms with Crippen molar-refractivity contribution in [3.8, 4) is 5.88 Å². The summed E-state index contributed by atoms with van der Waals surface area (Å²) >= 11 is 0. The van der Waals surface area contributed by atoms with Crippen LogP contribution in [0.1, 0.15) is 39.0 Å². The van der Waals surface area contributed by atoms with Gasteiger partial charge >= 0.3 is 5.69 Å². The van der Waals surface area contributed by atoms with Gasteiger partial charge in [0, 0.05) is 6.04 Å². The molecule has 2 atom stereocenters. The van der Waals surface area contributed by atoms with Crippen LogP contribution in [0.15, 0.2) is 6.33 Å². The molecule has 1 aromatic rings. The molecule has 0 saturated heterocycles. The first kappa shape index (κ1) is 14.5. The Kier molecular flexibility index (Phi) is 4.70. The monoisotopic (exact) mass is 280 g/mol. The molecular formula is C13H20N4O3. The summed E-state index contributed by atoms with van der Waals surface area (Å²) in [5, 5.41) is 14.4. The highest BCUT2D eigenvalue weighted by molar-refractivity contribution is 5.61. The minimum Gasteiger partial charge on any atom is -0.476 e. The number of anilines is 1. The van der Waals surface area contributed by atoms with E-state index < -0.39 is 4.92 Å². The molecule has 1 heterocycles. The summed E-state index contributed by atoms with van der Waals surface area (Å²) in [7, 11) is 1.37. The summed E-state index contributed by atoms with van der Waals surface area (Å²) < 4.78 is 4.96. The molecule has 0 bridgehead atoms. The van der Waals surface area contributed by atoms with Crippen molar-refractivity contribution in [3.05, 3.63) is 16.4 Å². The van der Waals surface area contributed by atoms with Crippen molar-refractivity contribution in [3.63, 3.8) is 0 Å². The van der Waals surface area contributed by atoms with E-state index in [0.29, 0.717) is 5.92 Å². The van der Waals surface area contributed by atoms with Gasteiger partial charge in [-0.2, -0.15) is 4.98 Å². The van der Waals surface area contributed by atoms with Gasteiger partial charge in [0.25, 0.3) is 5.88 Å². The summed E-state index contributed by atoms with van der Waals surface area (Å²) in [6.07, 6.45) is 6.90. The molecule has 1 fully saturated rings. The molecule has 2 rings (SSSR count). The number of rotatable bonds is 5. The van der Waals surface area contributed by atoms with E-state index in [2.05, 4.69) is 22.2 Å². The number of hydrogen-bond acceptors (Lipinski definition) is 6. The third-order valence-corrected chi connectivity index (χ3v) is 3.92. The predicted molar refractivity (Wildman–Crippen MR) is 74.9 cm³/mol. The molecule has 0 amide bonds. The van der Waals surface area contributed by atoms with E-state index in [1.807, 2.05) is 0 Å². The van der Waals surface area contributed by atoms with Crippen LogP contribution < -0.4 is 10.1 Å². The van der Waals surface area contributed by atoms with Gasteiger partial charge in [0.1, 0.15) is 6.33 Å². The van der Waals surface area contributed by atoms with Crippen molar-refractivity contribution in [2.45, 2.75) is 45.1 Å². The fourth-order valence-corrected chi connectivity index (χ4v) is 2.84. The van der Waals surface area contributed by atoms with E-state index in [0.717, 1.165) is 25.7 Å². The third kappa shape index (κ3) is 2.97. The van der Waals surface area contributed by atoms with Crippen molar-refractivity contribution in [2.24, 2.45) is 5.92 Å². The first-order valence-electron chi connectivity index (χ1n) is 6.97. The first-order valence-corrected chi connectivity index (χ1v) is 6.97. The normalized spacial score (nSPS) is 22.3. The minimum absolute atomic E-state index is 0.00337. The number of nitrogens with one attached hydrogen (secondary N) is 1. The quantitative estimate of drug-likeness (QED) is 0.658. The second-order valence-corrected chi connectivity index (χ2v) is 5.04. The Bertz CT molecular complexity index is 481. The van der Waals surface area contributed by atoms with Crippen LogP contribution in [-0.4, -0.2) is 28.0 Å². The van der Waals surface area contributed by atoms with Gasteiger partial charge in [-0.1, -0.05) is 26.2 Å². The van der Waals surface area contributed by atoms with E-state index in [4.69, 9.17) is 4.74 Å². The molecule has 0 aliphatic heterocycles. The highest BCUT2D eigenvalue weighted by Gasteiger charge is 2.29. The standard InChI is InChI=1S/C13H20N4O3/c1-3-9-6-4-5-7-10(9)16-12-11(17(18)19)13(20-2)15-8-14-12/h8-10H,3-7H2,1-2H3,(H,14,15,16). The van der Waals surface area contributed by atoms with E-state index >= 15 is 0 Å². The zero-order valence-corrected chi connectivity index (χ0v) is 11.8. The molecule has 7 nitrogen and oxygen atoms in total. The summed E-state index contributed by atoms with van der Waals surface area (Å²) in [6.45, 7) is 2.15. The van der Waals surface area contributed by atoms with Crippen LogP contribution in [-0.2, 0) is 0 Å². The molecule has 7 heteroatoms. The molecule has 1 N–H and O–H groups in total. The average molecular weight is 280 g/mol. The third-order valence-electron chi connectivity index (χ3n) is 3.92. The lowest BCUT2D eigenvalue weighted by atomic mass is 9.83. The highest BCUT2D eigenvalue weighted by Crippen LogP contribution is 2.34. The number of aromatic nitrogens is 2. The van der Waals surface area contributed by atoms with Gasteiger partial charge in [-0.15, -0.1) is 0 Å². The van der Waals surface area contributed by atoms with E-state index in [1.165, 1.54) is 19.9 Å². The summed E-state index contributed by atoms with van der Waals surface area (Å²) in [4.78, 5) is 18.5. The SMILES string of the molecule is CCC1CCCCC1Nc1ncnc(OC)c1[N+](=O)[O-]. The van der Waals surface area contributed by atoms with Gasteiger partial charge in [-0.3, -0.25) is 10.1 Å². The second kappa shape index (κ2) is 6.49. The Morgan fingerprint density at radius 1 is 1.45 bits per heavy atom. The fourth-order valence-electron chi connectivity index (χ4n) is 2.84. The summed E-state index contributed by atoms with van der Waals surface area (Å²) in [6, 6.07) is 0.229. The average Bonchev–Trinajstić information content (AvgIpc) is 2.47. The molecule has 1 aromatic heterocycles. The van der Waals surface area contributed by atoms with E-state index in [-0.39, 0.29) is 23.4 Å². The van der Waals surface area contributed by atoms with Gasteiger partial charge in [-0.05, 0) is 18.8 Å². The maximum atomic E-state index is 11.2. The van der Waals surface area contributed by atoms with Gasteiger partial charge in [0.2, 0.25) is 5.82 Å². The predicted octanol–water partition coefficient (Wildman–Crippen LogP) is 2.77. The number of ether oxygens (including phenoxy) is 1. The largest absolute Gasteiger partial charge is 0.476 e. The smallest absolute Gasteiger partial charge is 0.372 e. The van der Waals surface area contributed by atoms with E-state index in [9.17, 15) is 10.1 Å². The van der Waals surface area contributed by atoms with Crippen molar-refractivity contribution in [1.29, 1.82) is 0 Å². The van der Waals surface area contributed by atoms with Crippen LogP contribution in [0.25, 0.3) is 0 Å². The van der Waals surface area contributed by atoms with Crippen LogP contribution in [0.5, 0.6) is 5.88 Å². The zero-order chi connectivity index (χ0) is 14.5. The first-order chi connectivity index (χ1) is 9.67. The Morgan fingerprint density at radius 2 is 2.20 bits per heavy atom. The lowest BCUT2D eigenvalue weighted by Gasteiger charge is -2.31. The Hall–Kier alpha value is -1.92. The molecule has 0 aromatic carbocycles. The Morgan fingerprint density at radius 3 is 2.85 bits per heavy atom. The Balaban J connectivity index is 2.26. The molecule has 1 aliphatic carbocycles. The molecule has 2 unspecified atom stereocenters. The maximum Gasteiger partial charge on any atom is 0.372 e. The van der Waals surface area contributed by atoms with Gasteiger partial charge in [-0.25, -0.2) is 4.98 Å². The van der Waals surface area contributed by atoms with Crippen LogP contribution in [0.4, 0.5) is 11.5 Å². The van der Waals surface area contributed by atoms with Crippen LogP contribution >= 0.6 is 0 Å². The van der Waals surface area contributed by atoms with Gasteiger partial charge in [0.15, 0.2) is 0 Å². The zero-order valence-electron chi connectivity index (χ0n) is 11.8. The summed E-state index contributed by atoms with van der Waals surface area (Å²) in [5.41, 5.74) is -0.185. The van der Waals surface area contributed by atoms with E-state index in [1.54, 1.807) is 0 Å². The number of nitro groups is 1. The number of nitrogens with zero attached hydrogens (tertiary/aromatic N) is 3. The van der Waals surface area contributed by atoms with Crippen LogP contribution in [0.2, 0.25) is 0 Å². The molecule has 1 aliphatic rings. The van der Waals surface area contributed by atoms with Crippen molar-refractivity contribution in [2.75, 3.05) is 12.4 Å². The summed E-state index contributed by atoms with van der Waals surface area (Å²) in [5.74, 6) is 0.785. The Labute approximate surface area is 117 Å². The van der Waals surface area contributed by atoms with Crippen molar-refractivity contribution < 1.29 is 9.66 Å². The molecule has 1 saturated carbocycles. The molecule has 20 heavy (non-hydrogen) atoms. The van der Waals surface area contributed by atoms with Crippen molar-refractivity contribution in [1.82, 2.24) is 9.97 Å². The van der Waals surface area contributed by atoms with Crippen LogP contribution in [0.3, 0.4) is 0 Å². The lowest BCUT2D eigenvalue weighted by molar-refractivity contribution is -0.385. The molecule has 0 radical (unpaired) electrons. The molecular weight excluding hydrogens is 260 g/mol. The minimum atomic E-state index is -0.495. The van der Waals surface area contributed by atoms with Gasteiger partial charge < -0.3 is 10.1 Å².